The van der Waals surface area contributed by atoms with Crippen LogP contribution in [0.4, 0.5) is 0 Å². The Labute approximate surface area is 78.0 Å². The van der Waals surface area contributed by atoms with Gasteiger partial charge in [-0.2, -0.15) is 0 Å². The molecule has 3 nitrogen and oxygen atoms in total. The van der Waals surface area contributed by atoms with E-state index in [1.807, 2.05) is 18.5 Å². The van der Waals surface area contributed by atoms with Crippen molar-refractivity contribution >= 4 is 0 Å². The molecule has 0 saturated heterocycles. The summed E-state index contributed by atoms with van der Waals surface area (Å²) >= 11 is 0. The molecule has 0 atom stereocenters. The van der Waals surface area contributed by atoms with Gasteiger partial charge in [-0.1, -0.05) is 0 Å². The Morgan fingerprint density at radius 1 is 1.46 bits per heavy atom. The summed E-state index contributed by atoms with van der Waals surface area (Å²) in [5, 5.41) is 9.38. The smallest absolute Gasteiger partial charge is 0.0541 e. The normalized spacial score (nSPS) is 34.8. The Kier molecular flexibility index (Phi) is 2.14. The first kappa shape index (κ1) is 8.78. The fourth-order valence-corrected chi connectivity index (χ4v) is 2.04. The van der Waals surface area contributed by atoms with Crippen molar-refractivity contribution in [2.24, 2.45) is 5.73 Å². The third-order valence-corrected chi connectivity index (χ3v) is 3.02. The average Bonchev–Trinajstić information content (AvgIpc) is 2.63. The maximum atomic E-state index is 9.38. The molecule has 1 aliphatic rings. The molecule has 3 heteroatoms. The van der Waals surface area contributed by atoms with E-state index in [9.17, 15) is 5.11 Å². The summed E-state index contributed by atoms with van der Waals surface area (Å²) in [5.74, 6) is 0. The van der Waals surface area contributed by atoms with Gasteiger partial charge in [-0.3, -0.25) is 0 Å². The van der Waals surface area contributed by atoms with Gasteiger partial charge in [0.05, 0.1) is 6.10 Å². The highest BCUT2D eigenvalue weighted by atomic mass is 16.3. The maximum absolute atomic E-state index is 9.38. The van der Waals surface area contributed by atoms with Crippen molar-refractivity contribution in [3.05, 3.63) is 24.0 Å². The third kappa shape index (κ3) is 1.62. The Morgan fingerprint density at radius 2 is 2.15 bits per heavy atom. The minimum atomic E-state index is -0.209. The molecule has 0 spiro atoms. The summed E-state index contributed by atoms with van der Waals surface area (Å²) in [5.41, 5.74) is 7.21. The lowest BCUT2D eigenvalue weighted by Gasteiger charge is -2.35. The first-order valence-corrected chi connectivity index (χ1v) is 4.81. The Balaban J connectivity index is 2.13. The van der Waals surface area contributed by atoms with E-state index in [0.29, 0.717) is 0 Å². The molecule has 1 heterocycles. The highest BCUT2D eigenvalue weighted by Gasteiger charge is 2.32. The van der Waals surface area contributed by atoms with Gasteiger partial charge in [-0.15, -0.1) is 0 Å². The van der Waals surface area contributed by atoms with Crippen molar-refractivity contribution in [1.29, 1.82) is 0 Å². The molecule has 1 fully saturated rings. The number of nitrogens with one attached hydrogen (secondary N) is 1. The van der Waals surface area contributed by atoms with Crippen LogP contribution in [0.5, 0.6) is 0 Å². The number of H-pyrrole nitrogens is 1. The summed E-state index contributed by atoms with van der Waals surface area (Å²) < 4.78 is 0. The standard InChI is InChI=1S/C10H16N2O/c11-10(8-3-6-12-7-8)4-1-9(13)2-5-10/h3,6-7,9,12-13H,1-2,4-5,11H2. The van der Waals surface area contributed by atoms with Gasteiger partial charge in [0.1, 0.15) is 0 Å². The molecule has 0 amide bonds. The number of aliphatic hydroxyl groups is 1. The molecular formula is C10H16N2O. The van der Waals surface area contributed by atoms with E-state index in [-0.39, 0.29) is 11.6 Å². The molecule has 0 radical (unpaired) electrons. The fraction of sp³-hybridized carbons (Fsp3) is 0.600. The molecule has 4 N–H and O–H groups in total. The fourth-order valence-electron chi connectivity index (χ4n) is 2.04. The predicted octanol–water partition coefficient (Wildman–Crippen LogP) is 1.10. The van der Waals surface area contributed by atoms with Crippen molar-refractivity contribution in [3.8, 4) is 0 Å². The molecule has 0 aromatic carbocycles. The zero-order valence-corrected chi connectivity index (χ0v) is 7.66. The van der Waals surface area contributed by atoms with E-state index in [1.54, 1.807) is 0 Å². The predicted molar refractivity (Wildman–Crippen MR) is 51.1 cm³/mol. The molecule has 2 rings (SSSR count). The minimum Gasteiger partial charge on any atom is -0.393 e. The lowest BCUT2D eigenvalue weighted by atomic mass is 9.77. The summed E-state index contributed by atoms with van der Waals surface area (Å²) in [6, 6.07) is 2.03. The van der Waals surface area contributed by atoms with E-state index >= 15 is 0 Å². The van der Waals surface area contributed by atoms with Crippen LogP contribution in [0.25, 0.3) is 0 Å². The molecule has 1 aliphatic carbocycles. The van der Waals surface area contributed by atoms with Crippen LogP contribution >= 0.6 is 0 Å². The van der Waals surface area contributed by atoms with Crippen LogP contribution in [0.2, 0.25) is 0 Å². The van der Waals surface area contributed by atoms with E-state index in [2.05, 4.69) is 4.98 Å². The second-order valence-electron chi connectivity index (χ2n) is 3.99. The topological polar surface area (TPSA) is 62.0 Å². The van der Waals surface area contributed by atoms with Gasteiger partial charge < -0.3 is 15.8 Å². The second kappa shape index (κ2) is 3.16. The van der Waals surface area contributed by atoms with E-state index in [1.165, 1.54) is 5.56 Å². The maximum Gasteiger partial charge on any atom is 0.0541 e. The van der Waals surface area contributed by atoms with E-state index in [4.69, 9.17) is 5.73 Å². The average molecular weight is 180 g/mol. The molecule has 0 aliphatic heterocycles. The van der Waals surface area contributed by atoms with Gasteiger partial charge in [-0.25, -0.2) is 0 Å². The highest BCUT2D eigenvalue weighted by Crippen LogP contribution is 2.34. The molecule has 1 saturated carbocycles. The van der Waals surface area contributed by atoms with E-state index in [0.717, 1.165) is 25.7 Å². The first-order valence-electron chi connectivity index (χ1n) is 4.81. The molecule has 13 heavy (non-hydrogen) atoms. The Hall–Kier alpha value is -0.800. The number of nitrogens with two attached hydrogens (primary N) is 1. The first-order chi connectivity index (χ1) is 6.21. The molecule has 0 unspecified atom stereocenters. The van der Waals surface area contributed by atoms with Crippen LogP contribution in [0.15, 0.2) is 18.5 Å². The van der Waals surface area contributed by atoms with Crippen molar-refractivity contribution < 1.29 is 5.11 Å². The third-order valence-electron chi connectivity index (χ3n) is 3.02. The van der Waals surface area contributed by atoms with Crippen LogP contribution in [-0.2, 0) is 5.54 Å². The number of hydrogen-bond acceptors (Lipinski definition) is 2. The summed E-state index contributed by atoms with van der Waals surface area (Å²) in [6.45, 7) is 0. The van der Waals surface area contributed by atoms with Gasteiger partial charge >= 0.3 is 0 Å². The van der Waals surface area contributed by atoms with Gasteiger partial charge in [-0.05, 0) is 37.3 Å². The SMILES string of the molecule is NC1(c2cc[nH]c2)CCC(O)CC1. The highest BCUT2D eigenvalue weighted by molar-refractivity contribution is 5.21. The zero-order valence-electron chi connectivity index (χ0n) is 7.66. The van der Waals surface area contributed by atoms with Gasteiger partial charge in [0.25, 0.3) is 0 Å². The van der Waals surface area contributed by atoms with Gasteiger partial charge in [0, 0.05) is 17.9 Å². The molecular weight excluding hydrogens is 164 g/mol. The number of aliphatic hydroxyl groups excluding tert-OH is 1. The van der Waals surface area contributed by atoms with Crippen LogP contribution in [0, 0.1) is 0 Å². The number of hydrogen-bond donors (Lipinski definition) is 3. The Morgan fingerprint density at radius 3 is 2.69 bits per heavy atom. The summed E-state index contributed by atoms with van der Waals surface area (Å²) in [4.78, 5) is 3.02. The van der Waals surface area contributed by atoms with Crippen molar-refractivity contribution in [1.82, 2.24) is 4.98 Å². The zero-order chi connectivity index (χ0) is 9.31. The molecule has 72 valence electrons. The summed E-state index contributed by atoms with van der Waals surface area (Å²) in [6.07, 6.45) is 7.12. The van der Waals surface area contributed by atoms with E-state index < -0.39 is 0 Å². The van der Waals surface area contributed by atoms with Gasteiger partial charge in [0.15, 0.2) is 0 Å². The van der Waals surface area contributed by atoms with Crippen molar-refractivity contribution in [2.75, 3.05) is 0 Å². The number of rotatable bonds is 1. The second-order valence-corrected chi connectivity index (χ2v) is 3.99. The molecule has 1 aromatic rings. The minimum absolute atomic E-state index is 0.143. The van der Waals surface area contributed by atoms with Crippen LogP contribution in [0.3, 0.4) is 0 Å². The number of aromatic amines is 1. The quantitative estimate of drug-likeness (QED) is 0.606. The monoisotopic (exact) mass is 180 g/mol. The van der Waals surface area contributed by atoms with Crippen LogP contribution < -0.4 is 5.73 Å². The molecule has 1 aromatic heterocycles. The van der Waals surface area contributed by atoms with Crippen molar-refractivity contribution in [3.63, 3.8) is 0 Å². The Bertz CT molecular complexity index is 260. The van der Waals surface area contributed by atoms with Gasteiger partial charge in [0.2, 0.25) is 0 Å². The lowest BCUT2D eigenvalue weighted by Crippen LogP contribution is -2.41. The van der Waals surface area contributed by atoms with Crippen LogP contribution in [-0.4, -0.2) is 16.2 Å². The largest absolute Gasteiger partial charge is 0.393 e. The van der Waals surface area contributed by atoms with Crippen LogP contribution in [0.1, 0.15) is 31.2 Å². The summed E-state index contributed by atoms with van der Waals surface area (Å²) in [7, 11) is 0. The lowest BCUT2D eigenvalue weighted by molar-refractivity contribution is 0.0969. The molecule has 0 bridgehead atoms. The van der Waals surface area contributed by atoms with Crippen molar-refractivity contribution in [2.45, 2.75) is 37.3 Å². The number of aromatic nitrogens is 1.